The molecule has 2 aromatic carbocycles. The molecule has 0 spiro atoms. The van der Waals surface area contributed by atoms with E-state index in [1.54, 1.807) is 6.07 Å². The van der Waals surface area contributed by atoms with Crippen molar-refractivity contribution < 1.29 is 9.13 Å². The maximum Gasteiger partial charge on any atom is 0.205 e. The molecule has 1 N–H and O–H groups in total. The average molecular weight is 429 g/mol. The third kappa shape index (κ3) is 3.98. The van der Waals surface area contributed by atoms with Gasteiger partial charge in [0.2, 0.25) is 5.82 Å². The van der Waals surface area contributed by atoms with Crippen molar-refractivity contribution in [3.8, 4) is 28.3 Å². The summed E-state index contributed by atoms with van der Waals surface area (Å²) in [5.74, 6) is 1.02. The number of rotatable bonds is 6. The largest absolute Gasteiger partial charge is 0.488 e. The molecule has 4 aromatic rings. The molecule has 0 amide bonds. The normalized spacial score (nSPS) is 13.1. The van der Waals surface area contributed by atoms with Crippen LogP contribution in [0.15, 0.2) is 48.5 Å². The second-order valence-corrected chi connectivity index (χ2v) is 7.97. The average Bonchev–Trinajstić information content (AvgIpc) is 3.38. The van der Waals surface area contributed by atoms with Gasteiger partial charge in [-0.2, -0.15) is 5.21 Å². The number of halogens is 1. The molecule has 32 heavy (non-hydrogen) atoms. The Bertz CT molecular complexity index is 1240. The molecule has 2 heterocycles. The van der Waals surface area contributed by atoms with Gasteiger partial charge in [-0.3, -0.25) is 4.98 Å². The van der Waals surface area contributed by atoms with Crippen molar-refractivity contribution in [2.24, 2.45) is 0 Å². The zero-order valence-electron chi connectivity index (χ0n) is 17.9. The number of fused-ring (bicyclic) bond motifs is 1. The van der Waals surface area contributed by atoms with E-state index in [1.807, 2.05) is 36.4 Å². The van der Waals surface area contributed by atoms with Crippen LogP contribution in [-0.2, 0) is 25.9 Å². The van der Waals surface area contributed by atoms with Gasteiger partial charge in [-0.25, -0.2) is 4.39 Å². The van der Waals surface area contributed by atoms with Crippen LogP contribution in [0.5, 0.6) is 5.75 Å². The molecule has 162 valence electrons. The number of ether oxygens (including phenoxy) is 1. The zero-order chi connectivity index (χ0) is 21.9. The van der Waals surface area contributed by atoms with Crippen LogP contribution < -0.4 is 4.74 Å². The van der Waals surface area contributed by atoms with Crippen LogP contribution in [0.3, 0.4) is 0 Å². The highest BCUT2D eigenvalue weighted by Crippen LogP contribution is 2.32. The molecule has 1 aliphatic carbocycles. The highest BCUT2D eigenvalue weighted by atomic mass is 19.1. The SMILES string of the molecule is CCc1cc(OCc2ccc(-c3ccccc3-c3nn[nH]n3)cc2F)c2c(n1)CCCC2. The summed E-state index contributed by atoms with van der Waals surface area (Å²) in [5.41, 5.74) is 6.25. The first-order chi connectivity index (χ1) is 15.7. The molecule has 0 radical (unpaired) electrons. The number of hydrogen-bond donors (Lipinski definition) is 1. The minimum Gasteiger partial charge on any atom is -0.488 e. The van der Waals surface area contributed by atoms with E-state index < -0.39 is 0 Å². The van der Waals surface area contributed by atoms with Gasteiger partial charge in [0.05, 0.1) is 0 Å². The van der Waals surface area contributed by atoms with E-state index in [1.165, 1.54) is 11.6 Å². The molecular formula is C25H24FN5O. The predicted octanol–water partition coefficient (Wildman–Crippen LogP) is 5.09. The van der Waals surface area contributed by atoms with E-state index in [0.717, 1.165) is 65.9 Å². The summed E-state index contributed by atoms with van der Waals surface area (Å²) in [5, 5.41) is 14.2. The Morgan fingerprint density at radius 2 is 1.88 bits per heavy atom. The van der Waals surface area contributed by atoms with Crippen molar-refractivity contribution in [2.75, 3.05) is 0 Å². The third-order valence-electron chi connectivity index (χ3n) is 5.94. The van der Waals surface area contributed by atoms with Gasteiger partial charge in [-0.05, 0) is 54.5 Å². The van der Waals surface area contributed by atoms with Crippen LogP contribution in [-0.4, -0.2) is 25.6 Å². The maximum atomic E-state index is 15.1. The summed E-state index contributed by atoms with van der Waals surface area (Å²) in [7, 11) is 0. The van der Waals surface area contributed by atoms with Crippen molar-refractivity contribution in [3.63, 3.8) is 0 Å². The van der Waals surface area contributed by atoms with E-state index in [2.05, 4.69) is 27.5 Å². The lowest BCUT2D eigenvalue weighted by atomic mass is 9.94. The fourth-order valence-electron chi connectivity index (χ4n) is 4.23. The van der Waals surface area contributed by atoms with E-state index in [0.29, 0.717) is 11.4 Å². The molecule has 0 saturated carbocycles. The fraction of sp³-hybridized carbons (Fsp3) is 0.280. The first-order valence-electron chi connectivity index (χ1n) is 11.0. The summed E-state index contributed by atoms with van der Waals surface area (Å²) in [6.45, 7) is 2.27. The quantitative estimate of drug-likeness (QED) is 0.462. The van der Waals surface area contributed by atoms with Crippen LogP contribution in [0.25, 0.3) is 22.5 Å². The first-order valence-corrected chi connectivity index (χ1v) is 11.0. The highest BCUT2D eigenvalue weighted by Gasteiger charge is 2.18. The number of aromatic nitrogens is 5. The number of aromatic amines is 1. The number of tetrazole rings is 1. The lowest BCUT2D eigenvalue weighted by Crippen LogP contribution is -2.10. The smallest absolute Gasteiger partial charge is 0.205 e. The molecule has 0 aliphatic heterocycles. The van der Waals surface area contributed by atoms with Gasteiger partial charge >= 0.3 is 0 Å². The number of nitrogens with zero attached hydrogens (tertiary/aromatic N) is 4. The van der Waals surface area contributed by atoms with Crippen molar-refractivity contribution >= 4 is 0 Å². The second-order valence-electron chi connectivity index (χ2n) is 7.97. The Hall–Kier alpha value is -3.61. The standard InChI is InChI=1S/C25H24FN5O/c1-2-18-14-24(21-9-5-6-10-23(21)27-18)32-15-17-12-11-16(13-22(17)26)19-7-3-4-8-20(19)25-28-30-31-29-25/h3-4,7-8,11-14H,2,5-6,9-10,15H2,1H3,(H,28,29,30,31). The van der Waals surface area contributed by atoms with Crippen molar-refractivity contribution in [3.05, 3.63) is 76.9 Å². The summed E-state index contributed by atoms with van der Waals surface area (Å²) in [6.07, 6.45) is 5.11. The van der Waals surface area contributed by atoms with Crippen LogP contribution >= 0.6 is 0 Å². The Labute approximate surface area is 185 Å². The van der Waals surface area contributed by atoms with Crippen LogP contribution in [0.4, 0.5) is 4.39 Å². The van der Waals surface area contributed by atoms with Crippen LogP contribution in [0, 0.1) is 5.82 Å². The number of aryl methyl sites for hydroxylation is 2. The molecule has 0 atom stereocenters. The lowest BCUT2D eigenvalue weighted by molar-refractivity contribution is 0.294. The third-order valence-corrected chi connectivity index (χ3v) is 5.94. The van der Waals surface area contributed by atoms with Gasteiger partial charge in [-0.1, -0.05) is 43.3 Å². The summed E-state index contributed by atoms with van der Waals surface area (Å²) >= 11 is 0. The van der Waals surface area contributed by atoms with Crippen molar-refractivity contribution in [1.82, 2.24) is 25.6 Å². The van der Waals surface area contributed by atoms with Gasteiger partial charge < -0.3 is 4.74 Å². The number of hydrogen-bond acceptors (Lipinski definition) is 5. The van der Waals surface area contributed by atoms with Crippen LogP contribution in [0.2, 0.25) is 0 Å². The Morgan fingerprint density at radius 1 is 1.03 bits per heavy atom. The monoisotopic (exact) mass is 429 g/mol. The summed E-state index contributed by atoms with van der Waals surface area (Å²) in [4.78, 5) is 4.77. The van der Waals surface area contributed by atoms with Gasteiger partial charge in [0.1, 0.15) is 18.2 Å². The van der Waals surface area contributed by atoms with Gasteiger partial charge in [-0.15, -0.1) is 10.2 Å². The lowest BCUT2D eigenvalue weighted by Gasteiger charge is -2.20. The molecule has 7 heteroatoms. The zero-order valence-corrected chi connectivity index (χ0v) is 17.9. The predicted molar refractivity (Wildman–Crippen MR) is 120 cm³/mol. The maximum absolute atomic E-state index is 15.1. The molecule has 0 saturated heterocycles. The van der Waals surface area contributed by atoms with Crippen molar-refractivity contribution in [2.45, 2.75) is 45.6 Å². The first kappa shape index (κ1) is 20.3. The summed E-state index contributed by atoms with van der Waals surface area (Å²) < 4.78 is 21.2. The van der Waals surface area contributed by atoms with E-state index in [9.17, 15) is 0 Å². The molecule has 5 rings (SSSR count). The molecule has 1 aliphatic rings. The van der Waals surface area contributed by atoms with E-state index >= 15 is 4.39 Å². The minimum absolute atomic E-state index is 0.179. The molecule has 0 unspecified atom stereocenters. The molecule has 2 aromatic heterocycles. The van der Waals surface area contributed by atoms with Gasteiger partial charge in [0.15, 0.2) is 0 Å². The number of nitrogens with one attached hydrogen (secondary N) is 1. The molecular weight excluding hydrogens is 405 g/mol. The van der Waals surface area contributed by atoms with Gasteiger partial charge in [0, 0.05) is 34.1 Å². The number of benzene rings is 2. The number of H-pyrrole nitrogens is 1. The molecule has 0 bridgehead atoms. The van der Waals surface area contributed by atoms with Crippen LogP contribution in [0.1, 0.15) is 42.3 Å². The Balaban J connectivity index is 1.40. The molecule has 0 fully saturated rings. The number of pyridine rings is 1. The van der Waals surface area contributed by atoms with Crippen molar-refractivity contribution in [1.29, 1.82) is 0 Å². The Kier molecular flexibility index (Phi) is 5.62. The van der Waals surface area contributed by atoms with E-state index in [4.69, 9.17) is 9.72 Å². The Morgan fingerprint density at radius 3 is 2.66 bits per heavy atom. The topological polar surface area (TPSA) is 76.6 Å². The highest BCUT2D eigenvalue weighted by molar-refractivity contribution is 5.80. The molecule has 6 nitrogen and oxygen atoms in total. The summed E-state index contributed by atoms with van der Waals surface area (Å²) in [6, 6.07) is 14.9. The van der Waals surface area contributed by atoms with Gasteiger partial charge in [0.25, 0.3) is 0 Å². The van der Waals surface area contributed by atoms with E-state index in [-0.39, 0.29) is 12.4 Å². The minimum atomic E-state index is -0.302. The fourth-order valence-corrected chi connectivity index (χ4v) is 4.23. The second kappa shape index (κ2) is 8.86.